The first-order valence-electron chi connectivity index (χ1n) is 5.27. The Bertz CT molecular complexity index is 491. The summed E-state index contributed by atoms with van der Waals surface area (Å²) >= 11 is 0. The van der Waals surface area contributed by atoms with Gasteiger partial charge in [0.05, 0.1) is 28.9 Å². The Labute approximate surface area is 94.3 Å². The first-order valence-corrected chi connectivity index (χ1v) is 5.27. The van der Waals surface area contributed by atoms with Crippen LogP contribution < -0.4 is 5.73 Å². The fourth-order valence-electron chi connectivity index (χ4n) is 2.00. The van der Waals surface area contributed by atoms with E-state index in [-0.39, 0.29) is 17.9 Å². The van der Waals surface area contributed by atoms with E-state index < -0.39 is 0 Å². The fourth-order valence-corrected chi connectivity index (χ4v) is 2.00. The molecule has 0 aromatic carbocycles. The number of aliphatic imine (C=N–C) groups is 1. The molecule has 86 valence electrons. The Morgan fingerprint density at radius 2 is 2.00 bits per heavy atom. The average Bonchev–Trinajstić information content (AvgIpc) is 2.41. The number of nitrogens with two attached hydrogens (primary N) is 1. The highest BCUT2D eigenvalue weighted by molar-refractivity contribution is 6.09. The van der Waals surface area contributed by atoms with Gasteiger partial charge in [-0.2, -0.15) is 10.1 Å². The number of aromatic nitrogens is 2. The second-order valence-corrected chi connectivity index (χ2v) is 5.06. The summed E-state index contributed by atoms with van der Waals surface area (Å²) in [6, 6.07) is 0. The van der Waals surface area contributed by atoms with Crippen molar-refractivity contribution in [2.45, 2.75) is 39.7 Å². The van der Waals surface area contributed by atoms with Crippen LogP contribution in [0, 0.1) is 6.92 Å². The molecule has 1 aromatic heterocycles. The molecule has 1 amide bonds. The maximum Gasteiger partial charge on any atom is 0.253 e. The van der Waals surface area contributed by atoms with Crippen LogP contribution in [0.5, 0.6) is 0 Å². The molecule has 5 heteroatoms. The van der Waals surface area contributed by atoms with Crippen LogP contribution in [0.25, 0.3) is 0 Å². The summed E-state index contributed by atoms with van der Waals surface area (Å²) < 4.78 is 1.87. The first-order chi connectivity index (χ1) is 7.30. The number of nitrogens with zero attached hydrogens (tertiary/aromatic N) is 3. The molecular weight excluding hydrogens is 204 g/mol. The monoisotopic (exact) mass is 220 g/mol. The van der Waals surface area contributed by atoms with E-state index in [1.807, 2.05) is 32.4 Å². The Morgan fingerprint density at radius 3 is 2.56 bits per heavy atom. The van der Waals surface area contributed by atoms with E-state index >= 15 is 0 Å². The third-order valence-electron chi connectivity index (χ3n) is 2.61. The zero-order valence-electron chi connectivity index (χ0n) is 10.0. The lowest BCUT2D eigenvalue weighted by Crippen LogP contribution is -2.30. The fraction of sp³-hybridized carbons (Fsp3) is 0.545. The predicted molar refractivity (Wildman–Crippen MR) is 61.4 cm³/mol. The highest BCUT2D eigenvalue weighted by Crippen LogP contribution is 2.24. The number of fused-ring (bicyclic) bond motifs is 1. The number of carbonyl (C=O) groups is 1. The van der Waals surface area contributed by atoms with E-state index in [2.05, 4.69) is 10.1 Å². The normalized spacial score (nSPS) is 16.0. The lowest BCUT2D eigenvalue weighted by atomic mass is 10.0. The molecule has 0 aliphatic carbocycles. The number of rotatable bonds is 0. The van der Waals surface area contributed by atoms with Gasteiger partial charge in [0.25, 0.3) is 5.91 Å². The minimum absolute atomic E-state index is 0.157. The van der Waals surface area contributed by atoms with Crippen molar-refractivity contribution in [3.63, 3.8) is 0 Å². The molecule has 0 spiro atoms. The summed E-state index contributed by atoms with van der Waals surface area (Å²) in [4.78, 5) is 15.2. The van der Waals surface area contributed by atoms with Gasteiger partial charge in [0.1, 0.15) is 5.84 Å². The Kier molecular flexibility index (Phi) is 2.15. The number of amidine groups is 1. The number of aryl methyl sites for hydroxylation is 1. The number of hydrogen-bond donors (Lipinski definition) is 1. The van der Waals surface area contributed by atoms with Gasteiger partial charge in [-0.3, -0.25) is 9.48 Å². The molecule has 0 atom stereocenters. The van der Waals surface area contributed by atoms with Crippen molar-refractivity contribution in [2.75, 3.05) is 0 Å². The minimum atomic E-state index is -0.199. The molecule has 1 aliphatic heterocycles. The molecule has 16 heavy (non-hydrogen) atoms. The van der Waals surface area contributed by atoms with Gasteiger partial charge in [-0.25, -0.2) is 0 Å². The Morgan fingerprint density at radius 1 is 1.38 bits per heavy atom. The largest absolute Gasteiger partial charge is 0.383 e. The van der Waals surface area contributed by atoms with E-state index in [1.165, 1.54) is 0 Å². The SMILES string of the molecule is Cc1nn(C(C)(C)C)c2c1C(N)=NC(=O)C2. The molecule has 0 saturated heterocycles. The summed E-state index contributed by atoms with van der Waals surface area (Å²) in [7, 11) is 0. The van der Waals surface area contributed by atoms with Crippen molar-refractivity contribution < 1.29 is 4.79 Å². The van der Waals surface area contributed by atoms with Crippen LogP contribution >= 0.6 is 0 Å². The van der Waals surface area contributed by atoms with Crippen LogP contribution in [-0.2, 0) is 16.8 Å². The smallest absolute Gasteiger partial charge is 0.253 e. The first kappa shape index (κ1) is 10.9. The van der Waals surface area contributed by atoms with Crippen molar-refractivity contribution in [3.05, 3.63) is 17.0 Å². The van der Waals surface area contributed by atoms with Crippen molar-refractivity contribution in [1.29, 1.82) is 0 Å². The average molecular weight is 220 g/mol. The quantitative estimate of drug-likeness (QED) is 0.700. The highest BCUT2D eigenvalue weighted by Gasteiger charge is 2.29. The second kappa shape index (κ2) is 3.17. The predicted octanol–water partition coefficient (Wildman–Crippen LogP) is 0.735. The maximum absolute atomic E-state index is 11.4. The van der Waals surface area contributed by atoms with E-state index in [4.69, 9.17) is 5.73 Å². The molecule has 0 fully saturated rings. The number of carbonyl (C=O) groups excluding carboxylic acids is 1. The van der Waals surface area contributed by atoms with Gasteiger partial charge in [0, 0.05) is 0 Å². The zero-order chi connectivity index (χ0) is 12.1. The molecule has 1 aromatic rings. The van der Waals surface area contributed by atoms with Gasteiger partial charge >= 0.3 is 0 Å². The third kappa shape index (κ3) is 1.52. The van der Waals surface area contributed by atoms with Crippen LogP contribution in [0.4, 0.5) is 0 Å². The summed E-state index contributed by atoms with van der Waals surface area (Å²) in [5.41, 5.74) is 8.15. The van der Waals surface area contributed by atoms with Gasteiger partial charge in [-0.15, -0.1) is 0 Å². The molecule has 2 heterocycles. The minimum Gasteiger partial charge on any atom is -0.383 e. The van der Waals surface area contributed by atoms with Crippen molar-refractivity contribution in [2.24, 2.45) is 10.7 Å². The highest BCUT2D eigenvalue weighted by atomic mass is 16.1. The Hall–Kier alpha value is -1.65. The van der Waals surface area contributed by atoms with Crippen LogP contribution in [0.3, 0.4) is 0 Å². The van der Waals surface area contributed by atoms with E-state index in [9.17, 15) is 4.79 Å². The molecule has 2 rings (SSSR count). The summed E-state index contributed by atoms with van der Waals surface area (Å²) in [6.45, 7) is 8.03. The Balaban J connectivity index is 2.68. The van der Waals surface area contributed by atoms with Crippen LogP contribution in [-0.4, -0.2) is 21.5 Å². The third-order valence-corrected chi connectivity index (χ3v) is 2.61. The molecule has 0 bridgehead atoms. The van der Waals surface area contributed by atoms with Gasteiger partial charge in [-0.05, 0) is 27.7 Å². The summed E-state index contributed by atoms with van der Waals surface area (Å²) in [6.07, 6.45) is 0.286. The summed E-state index contributed by atoms with van der Waals surface area (Å²) in [5.74, 6) is 0.0923. The maximum atomic E-state index is 11.4. The van der Waals surface area contributed by atoms with Crippen molar-refractivity contribution in [1.82, 2.24) is 9.78 Å². The van der Waals surface area contributed by atoms with Crippen LogP contribution in [0.2, 0.25) is 0 Å². The van der Waals surface area contributed by atoms with Gasteiger partial charge in [0.2, 0.25) is 0 Å². The molecule has 0 saturated carbocycles. The van der Waals surface area contributed by atoms with Crippen molar-refractivity contribution >= 4 is 11.7 Å². The zero-order valence-corrected chi connectivity index (χ0v) is 10.0. The molecule has 1 aliphatic rings. The molecule has 2 N–H and O–H groups in total. The molecule has 5 nitrogen and oxygen atoms in total. The second-order valence-electron chi connectivity index (χ2n) is 5.06. The molecule has 0 unspecified atom stereocenters. The van der Waals surface area contributed by atoms with E-state index in [0.717, 1.165) is 17.0 Å². The summed E-state index contributed by atoms with van der Waals surface area (Å²) in [5, 5.41) is 4.45. The topological polar surface area (TPSA) is 73.3 Å². The molecular formula is C11H16N4O. The number of amides is 1. The van der Waals surface area contributed by atoms with Crippen LogP contribution in [0.15, 0.2) is 4.99 Å². The lowest BCUT2D eigenvalue weighted by molar-refractivity contribution is -0.117. The van der Waals surface area contributed by atoms with Gasteiger partial charge in [-0.1, -0.05) is 0 Å². The van der Waals surface area contributed by atoms with E-state index in [0.29, 0.717) is 5.84 Å². The van der Waals surface area contributed by atoms with E-state index in [1.54, 1.807) is 0 Å². The van der Waals surface area contributed by atoms with Crippen molar-refractivity contribution in [3.8, 4) is 0 Å². The molecule has 0 radical (unpaired) electrons. The van der Waals surface area contributed by atoms with Gasteiger partial charge in [0.15, 0.2) is 0 Å². The lowest BCUT2D eigenvalue weighted by Gasteiger charge is -2.23. The standard InChI is InChI=1S/C11H16N4O/c1-6-9-7(5-8(16)13-10(9)12)15(14-6)11(2,3)4/h5H2,1-4H3,(H2,12,13,16). The van der Waals surface area contributed by atoms with Gasteiger partial charge < -0.3 is 5.73 Å². The van der Waals surface area contributed by atoms with Crippen LogP contribution in [0.1, 0.15) is 37.7 Å². The number of hydrogen-bond acceptors (Lipinski definition) is 3.